The summed E-state index contributed by atoms with van der Waals surface area (Å²) in [5, 5.41) is 2.90. The molecular weight excluding hydrogens is 458 g/mol. The van der Waals surface area contributed by atoms with Crippen LogP contribution in [0.5, 0.6) is 0 Å². The van der Waals surface area contributed by atoms with E-state index in [4.69, 9.17) is 4.74 Å². The Morgan fingerprint density at radius 2 is 1.74 bits per heavy atom. The van der Waals surface area contributed by atoms with Crippen LogP contribution in [0.15, 0.2) is 58.5 Å². The molecule has 34 heavy (non-hydrogen) atoms. The maximum atomic E-state index is 12.6. The van der Waals surface area contributed by atoms with Crippen LogP contribution in [0.1, 0.15) is 37.5 Å². The highest BCUT2D eigenvalue weighted by atomic mass is 32.2. The highest BCUT2D eigenvalue weighted by Gasteiger charge is 2.18. The Labute approximate surface area is 199 Å². The smallest absolute Gasteiger partial charge is 0.339 e. The molecule has 1 heterocycles. The van der Waals surface area contributed by atoms with Crippen LogP contribution >= 0.6 is 11.8 Å². The fourth-order valence-electron chi connectivity index (χ4n) is 3.16. The van der Waals surface area contributed by atoms with Gasteiger partial charge in [0, 0.05) is 17.7 Å². The van der Waals surface area contributed by atoms with E-state index < -0.39 is 17.8 Å². The largest absolute Gasteiger partial charge is 0.465 e. The number of aryl methyl sites for hydroxylation is 1. The maximum Gasteiger partial charge on any atom is 0.339 e. The molecule has 0 saturated carbocycles. The number of nitrogens with zero attached hydrogens (tertiary/aromatic N) is 1. The van der Waals surface area contributed by atoms with Crippen molar-refractivity contribution in [1.82, 2.24) is 9.97 Å². The number of methoxy groups -OCH3 is 2. The SMILES string of the molecule is COC(=O)c1ccc(C(=O)OC)c(NC(=O)CSc2nc(C)c(Cc3ccccc3)c(=O)[nH]2)c1. The second-order valence-corrected chi connectivity index (χ2v) is 8.14. The lowest BCUT2D eigenvalue weighted by molar-refractivity contribution is -0.113. The van der Waals surface area contributed by atoms with Crippen LogP contribution in [-0.2, 0) is 20.7 Å². The summed E-state index contributed by atoms with van der Waals surface area (Å²) in [5.41, 5.74) is 2.22. The predicted molar refractivity (Wildman–Crippen MR) is 127 cm³/mol. The molecule has 10 heteroatoms. The number of amides is 1. The Bertz CT molecular complexity index is 1270. The zero-order valence-corrected chi connectivity index (χ0v) is 19.7. The first-order valence-corrected chi connectivity index (χ1v) is 11.2. The van der Waals surface area contributed by atoms with Gasteiger partial charge in [-0.25, -0.2) is 14.6 Å². The number of rotatable bonds is 8. The van der Waals surface area contributed by atoms with Crippen LogP contribution < -0.4 is 10.9 Å². The van der Waals surface area contributed by atoms with Crippen molar-refractivity contribution in [2.24, 2.45) is 0 Å². The van der Waals surface area contributed by atoms with E-state index in [9.17, 15) is 19.2 Å². The van der Waals surface area contributed by atoms with Crippen LogP contribution in [0.25, 0.3) is 0 Å². The van der Waals surface area contributed by atoms with Crippen LogP contribution in [-0.4, -0.2) is 47.8 Å². The van der Waals surface area contributed by atoms with Crippen molar-refractivity contribution in [3.8, 4) is 0 Å². The third-order valence-electron chi connectivity index (χ3n) is 4.88. The van der Waals surface area contributed by atoms with Gasteiger partial charge in [0.1, 0.15) is 0 Å². The molecule has 176 valence electrons. The standard InChI is InChI=1S/C24H23N3O6S/c1-14-18(11-15-7-5-4-6-8-15)21(29)27-24(25-14)34-13-20(28)26-19-12-16(22(30)32-2)9-10-17(19)23(31)33-3/h4-10,12H,11,13H2,1-3H3,(H,26,28)(H,25,27,29). The first-order chi connectivity index (χ1) is 16.3. The number of ether oxygens (including phenoxy) is 2. The number of anilines is 1. The van der Waals surface area contributed by atoms with Gasteiger partial charge >= 0.3 is 11.9 Å². The Morgan fingerprint density at radius 3 is 2.38 bits per heavy atom. The van der Waals surface area contributed by atoms with Gasteiger partial charge in [0.2, 0.25) is 5.91 Å². The molecule has 0 radical (unpaired) electrons. The number of aromatic nitrogens is 2. The number of nitrogens with one attached hydrogen (secondary N) is 2. The van der Waals surface area contributed by atoms with Gasteiger partial charge in [-0.3, -0.25) is 9.59 Å². The first kappa shape index (κ1) is 24.7. The van der Waals surface area contributed by atoms with Gasteiger partial charge in [0.15, 0.2) is 5.16 Å². The number of thioether (sulfide) groups is 1. The Hall–Kier alpha value is -3.92. The lowest BCUT2D eigenvalue weighted by atomic mass is 10.1. The quantitative estimate of drug-likeness (QED) is 0.286. The number of aromatic amines is 1. The fourth-order valence-corrected chi connectivity index (χ4v) is 3.87. The molecule has 9 nitrogen and oxygen atoms in total. The minimum Gasteiger partial charge on any atom is -0.465 e. The van der Waals surface area contributed by atoms with Crippen molar-refractivity contribution >= 4 is 35.3 Å². The van der Waals surface area contributed by atoms with Crippen LogP contribution in [0.4, 0.5) is 5.69 Å². The second kappa shape index (κ2) is 11.3. The van der Waals surface area contributed by atoms with E-state index in [0.29, 0.717) is 22.8 Å². The Balaban J connectivity index is 1.72. The van der Waals surface area contributed by atoms with Crippen molar-refractivity contribution in [1.29, 1.82) is 0 Å². The van der Waals surface area contributed by atoms with Gasteiger partial charge in [0.25, 0.3) is 5.56 Å². The van der Waals surface area contributed by atoms with Crippen molar-refractivity contribution in [3.63, 3.8) is 0 Å². The molecule has 3 rings (SSSR count). The van der Waals surface area contributed by atoms with Crippen LogP contribution in [0.3, 0.4) is 0 Å². The number of hydrogen-bond donors (Lipinski definition) is 2. The average molecular weight is 482 g/mol. The molecule has 0 unspecified atom stereocenters. The van der Waals surface area contributed by atoms with Crippen molar-refractivity contribution in [3.05, 3.63) is 86.8 Å². The monoisotopic (exact) mass is 481 g/mol. The van der Waals surface area contributed by atoms with E-state index in [1.54, 1.807) is 6.92 Å². The first-order valence-electron chi connectivity index (χ1n) is 10.2. The summed E-state index contributed by atoms with van der Waals surface area (Å²) in [4.78, 5) is 56.1. The molecule has 0 saturated heterocycles. The molecule has 1 aromatic heterocycles. The van der Waals surface area contributed by atoms with Gasteiger partial charge in [-0.05, 0) is 30.7 Å². The zero-order chi connectivity index (χ0) is 24.7. The molecule has 3 aromatic rings. The molecule has 0 fully saturated rings. The summed E-state index contributed by atoms with van der Waals surface area (Å²) in [6.07, 6.45) is 0.452. The number of esters is 2. The highest BCUT2D eigenvalue weighted by molar-refractivity contribution is 7.99. The summed E-state index contributed by atoms with van der Waals surface area (Å²) < 4.78 is 9.42. The van der Waals surface area contributed by atoms with Gasteiger partial charge in [-0.1, -0.05) is 42.1 Å². The van der Waals surface area contributed by atoms with E-state index in [1.165, 1.54) is 32.4 Å². The summed E-state index contributed by atoms with van der Waals surface area (Å²) in [5.74, 6) is -1.85. The molecule has 0 aliphatic carbocycles. The highest BCUT2D eigenvalue weighted by Crippen LogP contribution is 2.21. The average Bonchev–Trinajstić information content (AvgIpc) is 2.84. The summed E-state index contributed by atoms with van der Waals surface area (Å²) in [6, 6.07) is 13.7. The molecule has 2 aromatic carbocycles. The second-order valence-electron chi connectivity index (χ2n) is 7.18. The fraction of sp³-hybridized carbons (Fsp3) is 0.208. The van der Waals surface area contributed by atoms with Crippen molar-refractivity contribution < 1.29 is 23.9 Å². The zero-order valence-electron chi connectivity index (χ0n) is 18.8. The van der Waals surface area contributed by atoms with Gasteiger partial charge < -0.3 is 19.8 Å². The summed E-state index contributed by atoms with van der Waals surface area (Å²) in [6.45, 7) is 1.75. The normalized spacial score (nSPS) is 10.4. The van der Waals surface area contributed by atoms with E-state index in [-0.39, 0.29) is 28.1 Å². The topological polar surface area (TPSA) is 127 Å². The van der Waals surface area contributed by atoms with Gasteiger partial charge in [0.05, 0.1) is 36.8 Å². The molecule has 1 amide bonds. The molecule has 0 atom stereocenters. The Kier molecular flexibility index (Phi) is 8.20. The molecule has 0 aliphatic rings. The van der Waals surface area contributed by atoms with Crippen LogP contribution in [0.2, 0.25) is 0 Å². The lowest BCUT2D eigenvalue weighted by Gasteiger charge is -2.11. The molecule has 0 spiro atoms. The van der Waals surface area contributed by atoms with E-state index >= 15 is 0 Å². The minimum atomic E-state index is -0.671. The number of hydrogen-bond acceptors (Lipinski definition) is 8. The van der Waals surface area contributed by atoms with E-state index in [0.717, 1.165) is 17.3 Å². The van der Waals surface area contributed by atoms with Crippen molar-refractivity contribution in [2.75, 3.05) is 25.3 Å². The van der Waals surface area contributed by atoms with Crippen LogP contribution in [0, 0.1) is 6.92 Å². The lowest BCUT2D eigenvalue weighted by Crippen LogP contribution is -2.20. The number of H-pyrrole nitrogens is 1. The summed E-state index contributed by atoms with van der Waals surface area (Å²) >= 11 is 1.04. The van der Waals surface area contributed by atoms with Crippen molar-refractivity contribution in [2.45, 2.75) is 18.5 Å². The Morgan fingerprint density at radius 1 is 1.03 bits per heavy atom. The van der Waals surface area contributed by atoms with E-state index in [2.05, 4.69) is 20.0 Å². The summed E-state index contributed by atoms with van der Waals surface area (Å²) in [7, 11) is 2.44. The molecule has 2 N–H and O–H groups in total. The third-order valence-corrected chi connectivity index (χ3v) is 5.76. The maximum absolute atomic E-state index is 12.6. The molecule has 0 bridgehead atoms. The van der Waals surface area contributed by atoms with Gasteiger partial charge in [-0.2, -0.15) is 0 Å². The van der Waals surface area contributed by atoms with Gasteiger partial charge in [-0.15, -0.1) is 0 Å². The minimum absolute atomic E-state index is 0.0844. The molecular formula is C24H23N3O6S. The number of carbonyl (C=O) groups excluding carboxylic acids is 3. The molecule has 0 aliphatic heterocycles. The third kappa shape index (κ3) is 6.10. The number of benzene rings is 2. The van der Waals surface area contributed by atoms with E-state index in [1.807, 2.05) is 30.3 Å². The number of carbonyl (C=O) groups is 3. The predicted octanol–water partition coefficient (Wildman–Crippen LogP) is 2.97.